The predicted molar refractivity (Wildman–Crippen MR) is 69.1 cm³/mol. The van der Waals surface area contributed by atoms with Crippen molar-refractivity contribution < 1.29 is 4.42 Å². The molecule has 0 saturated carbocycles. The van der Waals surface area contributed by atoms with E-state index in [1.54, 1.807) is 6.20 Å². The first-order chi connectivity index (χ1) is 8.20. The molecular formula is C13H15ClN2O. The Hall–Kier alpha value is -1.32. The van der Waals surface area contributed by atoms with Gasteiger partial charge >= 0.3 is 0 Å². The lowest BCUT2D eigenvalue weighted by molar-refractivity contribution is 0.482. The van der Waals surface area contributed by atoms with E-state index in [0.29, 0.717) is 12.4 Å². The maximum atomic E-state index is 5.92. The third-order valence-corrected chi connectivity index (χ3v) is 2.77. The lowest BCUT2D eigenvalue weighted by atomic mass is 10.1. The highest BCUT2D eigenvalue weighted by molar-refractivity contribution is 6.30. The number of nitrogens with one attached hydrogen (secondary N) is 1. The number of nitrogens with zero attached hydrogens (tertiary/aromatic N) is 1. The summed E-state index contributed by atoms with van der Waals surface area (Å²) >= 11 is 5.92. The molecule has 0 saturated heterocycles. The Kier molecular flexibility index (Phi) is 3.82. The van der Waals surface area contributed by atoms with E-state index in [4.69, 9.17) is 16.0 Å². The van der Waals surface area contributed by atoms with Crippen molar-refractivity contribution >= 4 is 11.6 Å². The normalized spacial score (nSPS) is 10.8. The molecule has 1 aromatic heterocycles. The molecule has 3 nitrogen and oxygen atoms in total. The minimum Gasteiger partial charge on any atom is -0.439 e. The third kappa shape index (κ3) is 2.87. The van der Waals surface area contributed by atoms with Crippen molar-refractivity contribution in [2.24, 2.45) is 0 Å². The molecule has 0 unspecified atom stereocenters. The Morgan fingerprint density at radius 3 is 2.94 bits per heavy atom. The molecule has 0 aliphatic heterocycles. The van der Waals surface area contributed by atoms with Crippen LogP contribution in [0.15, 0.2) is 28.8 Å². The number of rotatable bonds is 4. The molecule has 0 fully saturated rings. The maximum absolute atomic E-state index is 5.92. The van der Waals surface area contributed by atoms with Gasteiger partial charge in [0.25, 0.3) is 0 Å². The van der Waals surface area contributed by atoms with E-state index < -0.39 is 0 Å². The first kappa shape index (κ1) is 12.1. The molecule has 1 aromatic carbocycles. The van der Waals surface area contributed by atoms with Crippen molar-refractivity contribution in [2.75, 3.05) is 6.54 Å². The highest BCUT2D eigenvalue weighted by atomic mass is 35.5. The van der Waals surface area contributed by atoms with Crippen LogP contribution in [0, 0.1) is 6.92 Å². The van der Waals surface area contributed by atoms with Gasteiger partial charge in [-0.05, 0) is 37.2 Å². The Morgan fingerprint density at radius 2 is 2.24 bits per heavy atom. The van der Waals surface area contributed by atoms with Crippen molar-refractivity contribution in [3.8, 4) is 11.3 Å². The Morgan fingerprint density at radius 1 is 1.41 bits per heavy atom. The van der Waals surface area contributed by atoms with Gasteiger partial charge in [0, 0.05) is 10.6 Å². The quantitative estimate of drug-likeness (QED) is 0.904. The fraction of sp³-hybridized carbons (Fsp3) is 0.308. The van der Waals surface area contributed by atoms with Crippen LogP contribution in [0.2, 0.25) is 5.02 Å². The van der Waals surface area contributed by atoms with Gasteiger partial charge in [0.05, 0.1) is 12.7 Å². The molecule has 0 aliphatic rings. The van der Waals surface area contributed by atoms with Gasteiger partial charge < -0.3 is 9.73 Å². The molecule has 0 aliphatic carbocycles. The van der Waals surface area contributed by atoms with Gasteiger partial charge in [-0.15, -0.1) is 0 Å². The molecule has 4 heteroatoms. The van der Waals surface area contributed by atoms with Crippen LogP contribution in [-0.4, -0.2) is 11.5 Å². The number of aryl methyl sites for hydroxylation is 1. The standard InChI is InChI=1S/C13H15ClN2O/c1-3-15-8-13-16-7-12(17-13)11-5-4-10(14)6-9(11)2/h4-7,15H,3,8H2,1-2H3. The first-order valence-electron chi connectivity index (χ1n) is 5.62. The lowest BCUT2D eigenvalue weighted by Crippen LogP contribution is -2.11. The van der Waals surface area contributed by atoms with E-state index in [0.717, 1.165) is 28.5 Å². The minimum atomic E-state index is 0.656. The molecule has 0 radical (unpaired) electrons. The van der Waals surface area contributed by atoms with Crippen molar-refractivity contribution in [1.29, 1.82) is 0 Å². The van der Waals surface area contributed by atoms with Crippen LogP contribution in [-0.2, 0) is 6.54 Å². The number of hydrogen-bond acceptors (Lipinski definition) is 3. The average Bonchev–Trinajstić information content (AvgIpc) is 2.75. The summed E-state index contributed by atoms with van der Waals surface area (Å²) in [6, 6.07) is 5.73. The first-order valence-corrected chi connectivity index (χ1v) is 6.00. The van der Waals surface area contributed by atoms with Gasteiger partial charge in [0.2, 0.25) is 5.89 Å². The molecule has 90 valence electrons. The van der Waals surface area contributed by atoms with Crippen molar-refractivity contribution in [2.45, 2.75) is 20.4 Å². The molecule has 0 amide bonds. The molecule has 0 atom stereocenters. The molecule has 0 bridgehead atoms. The fourth-order valence-electron chi connectivity index (χ4n) is 1.65. The molecule has 17 heavy (non-hydrogen) atoms. The van der Waals surface area contributed by atoms with Crippen LogP contribution >= 0.6 is 11.6 Å². The molecule has 1 heterocycles. The highest BCUT2D eigenvalue weighted by Gasteiger charge is 2.08. The van der Waals surface area contributed by atoms with E-state index in [9.17, 15) is 0 Å². The van der Waals surface area contributed by atoms with Gasteiger partial charge in [-0.1, -0.05) is 18.5 Å². The largest absolute Gasteiger partial charge is 0.439 e. The second-order valence-corrected chi connectivity index (χ2v) is 4.29. The van der Waals surface area contributed by atoms with Gasteiger partial charge in [-0.25, -0.2) is 4.98 Å². The minimum absolute atomic E-state index is 0.656. The van der Waals surface area contributed by atoms with Gasteiger partial charge in [0.1, 0.15) is 0 Å². The van der Waals surface area contributed by atoms with Crippen molar-refractivity contribution in [1.82, 2.24) is 10.3 Å². The summed E-state index contributed by atoms with van der Waals surface area (Å²) in [7, 11) is 0. The number of aromatic nitrogens is 1. The van der Waals surface area contributed by atoms with Crippen molar-refractivity contribution in [3.63, 3.8) is 0 Å². The summed E-state index contributed by atoms with van der Waals surface area (Å²) in [5, 5.41) is 3.91. The molecule has 2 rings (SSSR count). The average molecular weight is 251 g/mol. The van der Waals surface area contributed by atoms with Crippen LogP contribution < -0.4 is 5.32 Å². The van der Waals surface area contributed by atoms with Gasteiger partial charge in [-0.2, -0.15) is 0 Å². The van der Waals surface area contributed by atoms with Crippen LogP contribution in [0.25, 0.3) is 11.3 Å². The van der Waals surface area contributed by atoms with Gasteiger partial charge in [-0.3, -0.25) is 0 Å². The Balaban J connectivity index is 2.24. The summed E-state index contributed by atoms with van der Waals surface area (Å²) in [5.41, 5.74) is 2.12. The molecule has 1 N–H and O–H groups in total. The molecular weight excluding hydrogens is 236 g/mol. The number of benzene rings is 1. The van der Waals surface area contributed by atoms with Crippen LogP contribution in [0.3, 0.4) is 0 Å². The molecule has 0 spiro atoms. The van der Waals surface area contributed by atoms with E-state index in [-0.39, 0.29) is 0 Å². The van der Waals surface area contributed by atoms with Crippen LogP contribution in [0.1, 0.15) is 18.4 Å². The van der Waals surface area contributed by atoms with Crippen LogP contribution in [0.5, 0.6) is 0 Å². The molecule has 2 aromatic rings. The number of oxazole rings is 1. The zero-order valence-corrected chi connectivity index (χ0v) is 10.7. The Bertz CT molecular complexity index is 508. The Labute approximate surface area is 106 Å². The van der Waals surface area contributed by atoms with Crippen molar-refractivity contribution in [3.05, 3.63) is 40.9 Å². The zero-order chi connectivity index (χ0) is 12.3. The topological polar surface area (TPSA) is 38.1 Å². The van der Waals surface area contributed by atoms with E-state index >= 15 is 0 Å². The number of hydrogen-bond donors (Lipinski definition) is 1. The zero-order valence-electron chi connectivity index (χ0n) is 9.96. The predicted octanol–water partition coefficient (Wildman–Crippen LogP) is 3.41. The summed E-state index contributed by atoms with van der Waals surface area (Å²) < 4.78 is 5.68. The third-order valence-electron chi connectivity index (χ3n) is 2.53. The fourth-order valence-corrected chi connectivity index (χ4v) is 1.88. The summed E-state index contributed by atoms with van der Waals surface area (Å²) in [6.07, 6.45) is 1.75. The monoisotopic (exact) mass is 250 g/mol. The number of halogens is 1. The van der Waals surface area contributed by atoms with E-state index in [2.05, 4.69) is 10.3 Å². The smallest absolute Gasteiger partial charge is 0.208 e. The maximum Gasteiger partial charge on any atom is 0.208 e. The van der Waals surface area contributed by atoms with E-state index in [1.165, 1.54) is 0 Å². The lowest BCUT2D eigenvalue weighted by Gasteiger charge is -2.02. The summed E-state index contributed by atoms with van der Waals surface area (Å²) in [6.45, 7) is 5.61. The highest BCUT2D eigenvalue weighted by Crippen LogP contribution is 2.26. The SMILES string of the molecule is CCNCc1ncc(-c2ccc(Cl)cc2C)o1. The van der Waals surface area contributed by atoms with Crippen LogP contribution in [0.4, 0.5) is 0 Å². The summed E-state index contributed by atoms with van der Waals surface area (Å²) in [4.78, 5) is 4.23. The second kappa shape index (κ2) is 5.34. The second-order valence-electron chi connectivity index (χ2n) is 3.86. The summed E-state index contributed by atoms with van der Waals surface area (Å²) in [5.74, 6) is 1.49. The van der Waals surface area contributed by atoms with Gasteiger partial charge in [0.15, 0.2) is 5.76 Å². The van der Waals surface area contributed by atoms with E-state index in [1.807, 2.05) is 32.0 Å².